The molecule has 0 saturated carbocycles. The minimum absolute atomic E-state index is 0. The number of aliphatic carboxylic acids is 2. The van der Waals surface area contributed by atoms with E-state index in [-0.39, 0.29) is 45.9 Å². The van der Waals surface area contributed by atoms with E-state index in [0.717, 1.165) is 6.08 Å². The van der Waals surface area contributed by atoms with Gasteiger partial charge in [-0.15, -0.1) is 0 Å². The second-order valence-corrected chi connectivity index (χ2v) is 4.95. The van der Waals surface area contributed by atoms with Gasteiger partial charge in [-0.3, -0.25) is 0 Å². The average Bonchev–Trinajstić information content (AvgIpc) is 2.34. The van der Waals surface area contributed by atoms with Crippen molar-refractivity contribution in [3.8, 4) is 5.75 Å². The molecule has 0 radical (unpaired) electrons. The molecule has 1 aromatic rings. The number of ether oxygens (including phenoxy) is 1. The van der Waals surface area contributed by atoms with E-state index in [1.54, 1.807) is 0 Å². The number of hydrogen-bond donors (Lipinski definition) is 2. The Bertz CT molecular complexity index is 589. The van der Waals surface area contributed by atoms with Crippen LogP contribution in [0.1, 0.15) is 6.92 Å². The van der Waals surface area contributed by atoms with Crippen LogP contribution in [0.5, 0.6) is 5.75 Å². The quantitative estimate of drug-likeness (QED) is 0.445. The van der Waals surface area contributed by atoms with Gasteiger partial charge in [-0.2, -0.15) is 0 Å². The molecule has 0 bridgehead atoms. The van der Waals surface area contributed by atoms with Crippen molar-refractivity contribution in [2.45, 2.75) is 13.0 Å². The summed E-state index contributed by atoms with van der Waals surface area (Å²) in [6.45, 7) is 1.25. The van der Waals surface area contributed by atoms with E-state index in [9.17, 15) is 9.59 Å². The van der Waals surface area contributed by atoms with Crippen molar-refractivity contribution >= 4 is 46.7 Å². The molecule has 9 heteroatoms. The van der Waals surface area contributed by atoms with Crippen molar-refractivity contribution in [1.82, 2.24) is 0 Å². The Balaban J connectivity index is 0.00000400. The molecule has 21 heavy (non-hydrogen) atoms. The largest absolute Gasteiger partial charge is 0.478 e. The standard InChI is InChI=1S/C12H9Cl3O5.Zn/c1-5(11(16)17)2-10(12(18)19)20-9-4-7(14)6(13)3-8(9)15;/h2-4,10H,1H3,(H,16,17)(H,18,19);. The molecular formula is C12H9Cl3O5Zn. The van der Waals surface area contributed by atoms with Crippen molar-refractivity contribution in [2.75, 3.05) is 0 Å². The molecule has 0 aliphatic rings. The zero-order chi connectivity index (χ0) is 15.4. The maximum absolute atomic E-state index is 11.1. The van der Waals surface area contributed by atoms with Gasteiger partial charge in [0.25, 0.3) is 0 Å². The summed E-state index contributed by atoms with van der Waals surface area (Å²) < 4.78 is 5.15. The first-order chi connectivity index (χ1) is 9.22. The topological polar surface area (TPSA) is 83.8 Å². The summed E-state index contributed by atoms with van der Waals surface area (Å²) >= 11 is 17.4. The summed E-state index contributed by atoms with van der Waals surface area (Å²) in [7, 11) is 0. The molecule has 5 nitrogen and oxygen atoms in total. The van der Waals surface area contributed by atoms with Gasteiger partial charge in [-0.25, -0.2) is 9.59 Å². The third-order valence-corrected chi connectivity index (χ3v) is 3.23. The molecule has 0 aromatic heterocycles. The first-order valence-electron chi connectivity index (χ1n) is 5.18. The van der Waals surface area contributed by atoms with Crippen LogP contribution < -0.4 is 4.74 Å². The van der Waals surface area contributed by atoms with Gasteiger partial charge in [0.1, 0.15) is 5.75 Å². The van der Waals surface area contributed by atoms with Crippen LogP contribution in [0.25, 0.3) is 0 Å². The number of halogens is 3. The van der Waals surface area contributed by atoms with Crippen LogP contribution in [0.15, 0.2) is 23.8 Å². The van der Waals surface area contributed by atoms with Crippen LogP contribution in [0.2, 0.25) is 15.1 Å². The predicted octanol–water partition coefficient (Wildman–Crippen LogP) is 3.51. The van der Waals surface area contributed by atoms with E-state index in [2.05, 4.69) is 0 Å². The van der Waals surface area contributed by atoms with Crippen LogP contribution >= 0.6 is 34.8 Å². The summed E-state index contributed by atoms with van der Waals surface area (Å²) in [6, 6.07) is 2.56. The second kappa shape index (κ2) is 8.59. The van der Waals surface area contributed by atoms with E-state index in [0.29, 0.717) is 0 Å². The minimum atomic E-state index is -1.51. The summed E-state index contributed by atoms with van der Waals surface area (Å²) in [4.78, 5) is 21.8. The van der Waals surface area contributed by atoms with Crippen molar-refractivity contribution in [3.05, 3.63) is 38.8 Å². The molecule has 0 spiro atoms. The predicted molar refractivity (Wildman–Crippen MR) is 74.9 cm³/mol. The Morgan fingerprint density at radius 2 is 1.67 bits per heavy atom. The number of rotatable bonds is 5. The summed E-state index contributed by atoms with van der Waals surface area (Å²) in [6.07, 6.45) is -0.565. The van der Waals surface area contributed by atoms with E-state index in [4.69, 9.17) is 49.8 Å². The van der Waals surface area contributed by atoms with Gasteiger partial charge in [-0.1, -0.05) is 34.8 Å². The Morgan fingerprint density at radius 3 is 2.14 bits per heavy atom. The van der Waals surface area contributed by atoms with Crippen molar-refractivity contribution in [3.63, 3.8) is 0 Å². The van der Waals surface area contributed by atoms with Gasteiger partial charge in [0.15, 0.2) is 0 Å². The van der Waals surface area contributed by atoms with Crippen molar-refractivity contribution < 1.29 is 44.0 Å². The molecule has 0 fully saturated rings. The van der Waals surface area contributed by atoms with Crippen LogP contribution in [-0.4, -0.2) is 28.3 Å². The van der Waals surface area contributed by atoms with Crippen LogP contribution in [0.3, 0.4) is 0 Å². The zero-order valence-electron chi connectivity index (χ0n) is 10.8. The maximum Gasteiger partial charge on any atom is 0.349 e. The molecular weight excluding hydrogens is 396 g/mol. The third-order valence-electron chi connectivity index (χ3n) is 2.21. The molecule has 1 rings (SSSR count). The fraction of sp³-hybridized carbons (Fsp3) is 0.167. The van der Waals surface area contributed by atoms with E-state index in [1.165, 1.54) is 19.1 Å². The number of carbonyl (C=O) groups is 2. The van der Waals surface area contributed by atoms with Gasteiger partial charge in [0.2, 0.25) is 6.10 Å². The number of carboxylic acids is 2. The van der Waals surface area contributed by atoms with Crippen molar-refractivity contribution in [1.29, 1.82) is 0 Å². The Hall–Kier alpha value is -0.807. The fourth-order valence-corrected chi connectivity index (χ4v) is 1.77. The van der Waals surface area contributed by atoms with Gasteiger partial charge in [-0.05, 0) is 19.1 Å². The van der Waals surface area contributed by atoms with E-state index < -0.39 is 18.0 Å². The van der Waals surface area contributed by atoms with Gasteiger partial charge in [0, 0.05) is 31.1 Å². The molecule has 110 valence electrons. The second-order valence-electron chi connectivity index (χ2n) is 3.73. The van der Waals surface area contributed by atoms with Gasteiger partial charge >= 0.3 is 11.9 Å². The molecule has 2 N–H and O–H groups in total. The minimum Gasteiger partial charge on any atom is -0.478 e. The maximum atomic E-state index is 11.1. The van der Waals surface area contributed by atoms with Crippen LogP contribution in [-0.2, 0) is 29.1 Å². The molecule has 0 saturated heterocycles. The molecule has 0 heterocycles. The summed E-state index contributed by atoms with van der Waals surface area (Å²) in [5, 5.41) is 18.1. The Labute approximate surface area is 148 Å². The SMILES string of the molecule is CC(=CC(Oc1cc(Cl)c(Cl)cc1Cl)C(=O)O)C(=O)O.[Zn]. The molecule has 0 amide bonds. The third kappa shape index (κ3) is 5.83. The van der Waals surface area contributed by atoms with Crippen LogP contribution in [0, 0.1) is 0 Å². The van der Waals surface area contributed by atoms with Crippen LogP contribution in [0.4, 0.5) is 0 Å². The smallest absolute Gasteiger partial charge is 0.349 e. The van der Waals surface area contributed by atoms with Crippen molar-refractivity contribution in [2.24, 2.45) is 0 Å². The summed E-state index contributed by atoms with van der Waals surface area (Å²) in [5.74, 6) is -2.63. The number of hydrogen-bond acceptors (Lipinski definition) is 3. The molecule has 0 aliphatic carbocycles. The number of benzene rings is 1. The monoisotopic (exact) mass is 402 g/mol. The van der Waals surface area contributed by atoms with E-state index >= 15 is 0 Å². The van der Waals surface area contributed by atoms with Gasteiger partial charge < -0.3 is 14.9 Å². The first-order valence-corrected chi connectivity index (χ1v) is 6.31. The Kier molecular flexibility index (Phi) is 8.26. The molecule has 1 unspecified atom stereocenters. The average molecular weight is 405 g/mol. The van der Waals surface area contributed by atoms with E-state index in [1.807, 2.05) is 0 Å². The Morgan fingerprint density at radius 1 is 1.14 bits per heavy atom. The normalized spacial score (nSPS) is 12.3. The number of carboxylic acid groups (broad SMARTS) is 2. The first kappa shape index (κ1) is 20.2. The molecule has 1 atom stereocenters. The zero-order valence-corrected chi connectivity index (χ0v) is 16.0. The summed E-state index contributed by atoms with van der Waals surface area (Å²) in [5.41, 5.74) is -0.173. The fourth-order valence-electron chi connectivity index (χ4n) is 1.19. The molecule has 1 aromatic carbocycles. The van der Waals surface area contributed by atoms with Gasteiger partial charge in [0.05, 0.1) is 15.1 Å². The molecule has 0 aliphatic heterocycles.